The fourth-order valence-electron chi connectivity index (χ4n) is 3.23. The topological polar surface area (TPSA) is 183 Å². The molecule has 3 amide bonds. The molecule has 0 aliphatic heterocycles. The maximum Gasteiger partial charge on any atom is 0.360 e. The van der Waals surface area contributed by atoms with Crippen molar-refractivity contribution in [1.82, 2.24) is 16.0 Å². The number of esters is 1. The maximum atomic E-state index is 13.1. The summed E-state index contributed by atoms with van der Waals surface area (Å²) in [5.74, 6) is -0.532. The Balaban J connectivity index is 2.10. The monoisotopic (exact) mass is 499 g/mol. The largest absolute Gasteiger partial charge is 0.497 e. The first-order valence-electron chi connectivity index (χ1n) is 11.4. The smallest absolute Gasteiger partial charge is 0.360 e. The molecular formula is C24H33N7O5. The normalized spacial score (nSPS) is 12.7. The molecule has 2 aromatic rings. The highest BCUT2D eigenvalue weighted by atomic mass is 16.5. The number of nitrogens with one attached hydrogen (secondary N) is 3. The van der Waals surface area contributed by atoms with Crippen LogP contribution in [0.2, 0.25) is 0 Å². The number of hydrogen-bond acceptors (Lipinski definition) is 9. The predicted molar refractivity (Wildman–Crippen MR) is 133 cm³/mol. The second-order valence-electron chi connectivity index (χ2n) is 7.80. The van der Waals surface area contributed by atoms with Gasteiger partial charge in [0.15, 0.2) is 0 Å². The molecule has 12 nitrogen and oxygen atoms in total. The molecule has 7 N–H and O–H groups in total. The van der Waals surface area contributed by atoms with Gasteiger partial charge in [-0.25, -0.2) is 9.59 Å². The number of carbonyl (C=O) groups is 3. The number of azo groups is 1. The molecule has 0 saturated carbocycles. The zero-order valence-electron chi connectivity index (χ0n) is 20.3. The molecule has 2 atom stereocenters. The van der Waals surface area contributed by atoms with Gasteiger partial charge in [-0.1, -0.05) is 35.4 Å². The lowest BCUT2D eigenvalue weighted by Crippen LogP contribution is -2.52. The van der Waals surface area contributed by atoms with Crippen LogP contribution in [0.15, 0.2) is 64.8 Å². The van der Waals surface area contributed by atoms with Gasteiger partial charge in [-0.2, -0.15) is 0 Å². The van der Waals surface area contributed by atoms with E-state index in [2.05, 4.69) is 26.2 Å². The minimum Gasteiger partial charge on any atom is -0.497 e. The van der Waals surface area contributed by atoms with Crippen LogP contribution in [0.3, 0.4) is 0 Å². The van der Waals surface area contributed by atoms with Gasteiger partial charge in [0.25, 0.3) is 0 Å². The van der Waals surface area contributed by atoms with E-state index in [-0.39, 0.29) is 12.8 Å². The first-order valence-corrected chi connectivity index (χ1v) is 11.4. The minimum absolute atomic E-state index is 0.175. The maximum absolute atomic E-state index is 13.1. The number of hydrogen-bond donors (Lipinski definition) is 5. The van der Waals surface area contributed by atoms with Crippen LogP contribution in [0.4, 0.5) is 10.5 Å². The molecule has 12 heteroatoms. The van der Waals surface area contributed by atoms with Crippen molar-refractivity contribution in [2.24, 2.45) is 21.7 Å². The van der Waals surface area contributed by atoms with Gasteiger partial charge in [0, 0.05) is 6.42 Å². The van der Waals surface area contributed by atoms with Crippen LogP contribution in [-0.4, -0.2) is 57.0 Å². The van der Waals surface area contributed by atoms with Crippen LogP contribution in [0.25, 0.3) is 0 Å². The highest BCUT2D eigenvalue weighted by molar-refractivity contribution is 5.90. The van der Waals surface area contributed by atoms with Crippen molar-refractivity contribution in [2.45, 2.75) is 37.6 Å². The van der Waals surface area contributed by atoms with Crippen molar-refractivity contribution >= 4 is 23.6 Å². The number of methoxy groups -OCH3 is 2. The van der Waals surface area contributed by atoms with E-state index in [1.807, 2.05) is 30.3 Å². The summed E-state index contributed by atoms with van der Waals surface area (Å²) in [4.78, 5) is 37.9. The van der Waals surface area contributed by atoms with Gasteiger partial charge in [-0.15, -0.1) is 5.11 Å². The lowest BCUT2D eigenvalue weighted by Gasteiger charge is -2.22. The second-order valence-corrected chi connectivity index (χ2v) is 7.80. The van der Waals surface area contributed by atoms with E-state index in [1.165, 1.54) is 7.11 Å². The number of amides is 3. The molecule has 194 valence electrons. The van der Waals surface area contributed by atoms with E-state index in [4.69, 9.17) is 20.9 Å². The minimum atomic E-state index is -1.02. The highest BCUT2D eigenvalue weighted by Crippen LogP contribution is 2.18. The van der Waals surface area contributed by atoms with Gasteiger partial charge in [0.1, 0.15) is 24.1 Å². The van der Waals surface area contributed by atoms with Crippen LogP contribution < -0.4 is 32.2 Å². The van der Waals surface area contributed by atoms with E-state index >= 15 is 0 Å². The van der Waals surface area contributed by atoms with Crippen LogP contribution in [0, 0.1) is 0 Å². The zero-order chi connectivity index (χ0) is 26.3. The van der Waals surface area contributed by atoms with Crippen molar-refractivity contribution in [3.05, 3.63) is 60.2 Å². The summed E-state index contributed by atoms with van der Waals surface area (Å²) in [6.07, 6.45) is 0.264. The third-order valence-electron chi connectivity index (χ3n) is 5.08. The molecular weight excluding hydrogens is 466 g/mol. The fraction of sp³-hybridized carbons (Fsp3) is 0.375. The number of urea groups is 1. The Hall–Kier alpha value is -3.87. The number of carbonyl (C=O) groups excluding carboxylic acids is 3. The molecule has 0 fully saturated rings. The lowest BCUT2D eigenvalue weighted by molar-refractivity contribution is -0.145. The summed E-state index contributed by atoms with van der Waals surface area (Å²) in [7, 11) is 2.78. The molecule has 36 heavy (non-hydrogen) atoms. The summed E-state index contributed by atoms with van der Waals surface area (Å²) in [6.45, 7) is 0.441. The summed E-state index contributed by atoms with van der Waals surface area (Å²) < 4.78 is 9.91. The van der Waals surface area contributed by atoms with Gasteiger partial charge in [-0.3, -0.25) is 10.1 Å². The summed E-state index contributed by atoms with van der Waals surface area (Å²) in [5.41, 5.74) is 12.1. The molecule has 0 aliphatic carbocycles. The number of nitrogens with two attached hydrogens (primary N) is 2. The Labute approximate surface area is 209 Å². The zero-order valence-corrected chi connectivity index (χ0v) is 20.3. The van der Waals surface area contributed by atoms with Gasteiger partial charge in [-0.05, 0) is 49.2 Å². The van der Waals surface area contributed by atoms with Crippen molar-refractivity contribution < 1.29 is 23.9 Å². The van der Waals surface area contributed by atoms with Gasteiger partial charge in [0.05, 0.1) is 19.9 Å². The third kappa shape index (κ3) is 10.2. The first-order chi connectivity index (χ1) is 17.3. The van der Waals surface area contributed by atoms with Crippen molar-refractivity contribution in [3.63, 3.8) is 0 Å². The van der Waals surface area contributed by atoms with Crippen molar-refractivity contribution in [2.75, 3.05) is 20.8 Å². The molecule has 0 aliphatic rings. The average Bonchev–Trinajstić information content (AvgIpc) is 2.89. The molecule has 0 heterocycles. The van der Waals surface area contributed by atoms with E-state index in [0.29, 0.717) is 24.4 Å². The van der Waals surface area contributed by atoms with Crippen molar-refractivity contribution in [3.8, 4) is 5.75 Å². The lowest BCUT2D eigenvalue weighted by atomic mass is 10.0. The van der Waals surface area contributed by atoms with Gasteiger partial charge >= 0.3 is 12.0 Å². The standard InChI is InChI=1S/C24H33N7O5/c1-35-18-12-10-17(11-13-18)30-31-24(34)29-20(15-16-7-4-3-5-8-16)21(32)28-19(22(33)36-2)9-6-14-27-23(25)26/h3-5,7-8,10-13,19-20,23,27H,6,9,14-15,25-26H2,1-2H3,(H,28,32)(H,29,34). The average molecular weight is 500 g/mol. The third-order valence-corrected chi connectivity index (χ3v) is 5.08. The van der Waals surface area contributed by atoms with E-state index in [9.17, 15) is 14.4 Å². The van der Waals surface area contributed by atoms with E-state index in [1.54, 1.807) is 31.4 Å². The molecule has 0 saturated heterocycles. The van der Waals surface area contributed by atoms with Crippen LogP contribution >= 0.6 is 0 Å². The predicted octanol–water partition coefficient (Wildman–Crippen LogP) is 1.33. The van der Waals surface area contributed by atoms with Gasteiger partial charge in [0.2, 0.25) is 5.91 Å². The van der Waals surface area contributed by atoms with E-state index < -0.39 is 36.3 Å². The Morgan fingerprint density at radius 2 is 1.64 bits per heavy atom. The Morgan fingerprint density at radius 1 is 0.944 bits per heavy atom. The second kappa shape index (κ2) is 15.2. The Bertz CT molecular complexity index is 1000. The summed E-state index contributed by atoms with van der Waals surface area (Å²) in [5, 5.41) is 15.6. The molecule has 0 aromatic heterocycles. The number of ether oxygens (including phenoxy) is 2. The van der Waals surface area contributed by atoms with Crippen molar-refractivity contribution in [1.29, 1.82) is 0 Å². The quantitative estimate of drug-likeness (QED) is 0.118. The molecule has 2 rings (SSSR count). The van der Waals surface area contributed by atoms with Crippen LogP contribution in [-0.2, 0) is 20.7 Å². The Kier molecular flexibility index (Phi) is 12.0. The number of rotatable bonds is 13. The molecule has 0 bridgehead atoms. The fourth-order valence-corrected chi connectivity index (χ4v) is 3.23. The summed E-state index contributed by atoms with van der Waals surface area (Å²) in [6, 6.07) is 13.0. The SMILES string of the molecule is COC(=O)C(CCCNC(N)N)NC(=O)C(Cc1ccccc1)NC(=O)N=Nc1ccc(OC)cc1. The Morgan fingerprint density at radius 3 is 2.25 bits per heavy atom. The number of nitrogens with zero attached hydrogens (tertiary/aromatic N) is 2. The molecule has 2 aromatic carbocycles. The van der Waals surface area contributed by atoms with E-state index in [0.717, 1.165) is 5.56 Å². The molecule has 0 spiro atoms. The van der Waals surface area contributed by atoms with Gasteiger partial charge < -0.3 is 31.6 Å². The molecule has 0 radical (unpaired) electrons. The first kappa shape index (κ1) is 28.4. The van der Waals surface area contributed by atoms with Crippen LogP contribution in [0.5, 0.6) is 5.75 Å². The highest BCUT2D eigenvalue weighted by Gasteiger charge is 2.27. The van der Waals surface area contributed by atoms with Crippen LogP contribution in [0.1, 0.15) is 18.4 Å². The summed E-state index contributed by atoms with van der Waals surface area (Å²) >= 11 is 0. The number of benzene rings is 2. The molecule has 2 unspecified atom stereocenters.